The van der Waals surface area contributed by atoms with E-state index in [1.54, 1.807) is 6.07 Å². The molecule has 140 valence electrons. The third-order valence-corrected chi connectivity index (χ3v) is 4.68. The van der Waals surface area contributed by atoms with Gasteiger partial charge < -0.3 is 20.1 Å². The van der Waals surface area contributed by atoms with Crippen molar-refractivity contribution in [1.82, 2.24) is 15.5 Å². The summed E-state index contributed by atoms with van der Waals surface area (Å²) in [6.45, 7) is -0.446. The molecule has 1 saturated carbocycles. The van der Waals surface area contributed by atoms with E-state index in [1.807, 2.05) is 0 Å². The Morgan fingerprint density at radius 1 is 1.46 bits per heavy atom. The highest BCUT2D eigenvalue weighted by molar-refractivity contribution is 6.03. The number of urea groups is 1. The first-order valence-corrected chi connectivity index (χ1v) is 8.27. The van der Waals surface area contributed by atoms with Crippen LogP contribution in [0.1, 0.15) is 24.4 Å². The molecule has 2 aliphatic rings. The standard InChI is InChI=1S/C17H20FN3O5/c1-26-13-3-2-9(6-12(13)18)16(10-4-11(22)5-10)19-14(23)7-21-8-15(24)20-17(21)25/h2-3,6,10-11,16,22H,4-5,7-8H2,1H3,(H,19,23)(H,20,24,25). The monoisotopic (exact) mass is 365 g/mol. The number of methoxy groups -OCH3 is 1. The second-order valence-electron chi connectivity index (χ2n) is 6.53. The summed E-state index contributed by atoms with van der Waals surface area (Å²) in [5, 5.41) is 14.5. The van der Waals surface area contributed by atoms with Gasteiger partial charge in [-0.25, -0.2) is 9.18 Å². The summed E-state index contributed by atoms with van der Waals surface area (Å²) in [6.07, 6.45) is 0.534. The van der Waals surface area contributed by atoms with E-state index in [4.69, 9.17) is 4.74 Å². The summed E-state index contributed by atoms with van der Waals surface area (Å²) in [7, 11) is 1.36. The molecule has 1 atom stereocenters. The van der Waals surface area contributed by atoms with Crippen molar-refractivity contribution in [1.29, 1.82) is 0 Å². The van der Waals surface area contributed by atoms with Gasteiger partial charge in [-0.3, -0.25) is 14.9 Å². The average Bonchev–Trinajstić information content (AvgIpc) is 2.87. The highest BCUT2D eigenvalue weighted by atomic mass is 19.1. The number of imide groups is 1. The summed E-state index contributed by atoms with van der Waals surface area (Å²) in [4.78, 5) is 36.2. The molecule has 9 heteroatoms. The Balaban J connectivity index is 1.72. The Bertz CT molecular complexity index is 735. The van der Waals surface area contributed by atoms with Gasteiger partial charge in [0.2, 0.25) is 11.8 Å². The van der Waals surface area contributed by atoms with Crippen molar-refractivity contribution >= 4 is 17.8 Å². The molecule has 1 unspecified atom stereocenters. The van der Waals surface area contributed by atoms with E-state index < -0.39 is 35.8 Å². The Hall–Kier alpha value is -2.68. The molecule has 8 nitrogen and oxygen atoms in total. The molecular formula is C17H20FN3O5. The van der Waals surface area contributed by atoms with Crippen LogP contribution in [0.3, 0.4) is 0 Å². The summed E-state index contributed by atoms with van der Waals surface area (Å²) in [5.41, 5.74) is 0.551. The smallest absolute Gasteiger partial charge is 0.325 e. The molecule has 1 aliphatic carbocycles. The van der Waals surface area contributed by atoms with E-state index in [0.717, 1.165) is 4.90 Å². The highest BCUT2D eigenvalue weighted by Crippen LogP contribution is 2.38. The molecule has 1 aliphatic heterocycles. The molecule has 3 N–H and O–H groups in total. The van der Waals surface area contributed by atoms with E-state index in [1.165, 1.54) is 19.2 Å². The Labute approximate surface area is 149 Å². The predicted molar refractivity (Wildman–Crippen MR) is 87.7 cm³/mol. The van der Waals surface area contributed by atoms with E-state index in [-0.39, 0.29) is 24.8 Å². The molecule has 2 fully saturated rings. The number of halogens is 1. The number of benzene rings is 1. The number of rotatable bonds is 6. The summed E-state index contributed by atoms with van der Waals surface area (Å²) < 4.78 is 19.0. The van der Waals surface area contributed by atoms with Crippen molar-refractivity contribution in [2.45, 2.75) is 25.0 Å². The molecule has 0 radical (unpaired) electrons. The number of aliphatic hydroxyl groups is 1. The predicted octanol–water partition coefficient (Wildman–Crippen LogP) is 0.314. The van der Waals surface area contributed by atoms with E-state index in [0.29, 0.717) is 18.4 Å². The third kappa shape index (κ3) is 3.77. The average molecular weight is 365 g/mol. The molecular weight excluding hydrogens is 345 g/mol. The molecule has 0 aromatic heterocycles. The number of hydrogen-bond acceptors (Lipinski definition) is 5. The molecule has 0 bridgehead atoms. The maximum Gasteiger partial charge on any atom is 0.325 e. The molecule has 4 amide bonds. The largest absolute Gasteiger partial charge is 0.494 e. The first-order chi connectivity index (χ1) is 12.4. The third-order valence-electron chi connectivity index (χ3n) is 4.68. The fraction of sp³-hybridized carbons (Fsp3) is 0.471. The van der Waals surface area contributed by atoms with Crippen molar-refractivity contribution in [2.24, 2.45) is 5.92 Å². The van der Waals surface area contributed by atoms with Crippen molar-refractivity contribution in [3.8, 4) is 5.75 Å². The van der Waals surface area contributed by atoms with Crippen LogP contribution in [0, 0.1) is 11.7 Å². The summed E-state index contributed by atoms with van der Waals surface area (Å²) in [5.74, 6) is -1.42. The van der Waals surface area contributed by atoms with Gasteiger partial charge in [0.15, 0.2) is 11.6 Å². The number of hydrogen-bond donors (Lipinski definition) is 3. The van der Waals surface area contributed by atoms with Gasteiger partial charge in [-0.2, -0.15) is 0 Å². The molecule has 1 aromatic rings. The van der Waals surface area contributed by atoms with Gasteiger partial charge in [-0.05, 0) is 36.5 Å². The number of amides is 4. The fourth-order valence-electron chi connectivity index (χ4n) is 3.25. The van der Waals surface area contributed by atoms with Gasteiger partial charge in [0.1, 0.15) is 13.1 Å². The zero-order valence-corrected chi connectivity index (χ0v) is 14.2. The minimum absolute atomic E-state index is 0.0456. The van der Waals surface area contributed by atoms with Crippen LogP contribution in [0.5, 0.6) is 5.75 Å². The van der Waals surface area contributed by atoms with E-state index in [2.05, 4.69) is 10.6 Å². The first-order valence-electron chi connectivity index (χ1n) is 8.27. The maximum atomic E-state index is 14.0. The SMILES string of the molecule is COc1ccc(C(NC(=O)CN2CC(=O)NC2=O)C2CC(O)C2)cc1F. The van der Waals surface area contributed by atoms with Gasteiger partial charge in [-0.15, -0.1) is 0 Å². The number of carbonyl (C=O) groups is 3. The van der Waals surface area contributed by atoms with E-state index >= 15 is 0 Å². The van der Waals surface area contributed by atoms with E-state index in [9.17, 15) is 23.9 Å². The molecule has 0 spiro atoms. The van der Waals surface area contributed by atoms with Crippen LogP contribution >= 0.6 is 0 Å². The van der Waals surface area contributed by atoms with Crippen LogP contribution in [-0.2, 0) is 9.59 Å². The number of carbonyl (C=O) groups excluding carboxylic acids is 3. The Morgan fingerprint density at radius 3 is 2.73 bits per heavy atom. The number of ether oxygens (including phenoxy) is 1. The number of nitrogens with zero attached hydrogens (tertiary/aromatic N) is 1. The first kappa shape index (κ1) is 18.1. The van der Waals surface area contributed by atoms with Gasteiger partial charge in [0.05, 0.1) is 19.3 Å². The summed E-state index contributed by atoms with van der Waals surface area (Å²) >= 11 is 0. The minimum Gasteiger partial charge on any atom is -0.494 e. The van der Waals surface area contributed by atoms with Crippen molar-refractivity contribution in [2.75, 3.05) is 20.2 Å². The fourth-order valence-corrected chi connectivity index (χ4v) is 3.25. The van der Waals surface area contributed by atoms with Crippen LogP contribution in [-0.4, -0.2) is 54.2 Å². The molecule has 3 rings (SSSR count). The van der Waals surface area contributed by atoms with Gasteiger partial charge in [0.25, 0.3) is 0 Å². The topological polar surface area (TPSA) is 108 Å². The molecule has 1 saturated heterocycles. The second-order valence-corrected chi connectivity index (χ2v) is 6.53. The highest BCUT2D eigenvalue weighted by Gasteiger charge is 2.37. The van der Waals surface area contributed by atoms with Crippen LogP contribution in [0.4, 0.5) is 9.18 Å². The zero-order chi connectivity index (χ0) is 18.8. The molecule has 1 heterocycles. The lowest BCUT2D eigenvalue weighted by atomic mass is 9.75. The Morgan fingerprint density at radius 2 is 2.19 bits per heavy atom. The molecule has 1 aromatic carbocycles. The zero-order valence-electron chi connectivity index (χ0n) is 14.2. The number of nitrogens with one attached hydrogen (secondary N) is 2. The normalized spacial score (nSPS) is 23.3. The van der Waals surface area contributed by atoms with Gasteiger partial charge in [0, 0.05) is 0 Å². The van der Waals surface area contributed by atoms with Gasteiger partial charge >= 0.3 is 6.03 Å². The van der Waals surface area contributed by atoms with Crippen LogP contribution in [0.2, 0.25) is 0 Å². The lowest BCUT2D eigenvalue weighted by molar-refractivity contribution is -0.123. The van der Waals surface area contributed by atoms with Crippen molar-refractivity contribution in [3.05, 3.63) is 29.6 Å². The van der Waals surface area contributed by atoms with Gasteiger partial charge in [-0.1, -0.05) is 6.07 Å². The second kappa shape index (κ2) is 7.28. The quantitative estimate of drug-likeness (QED) is 0.629. The van der Waals surface area contributed by atoms with Crippen LogP contribution < -0.4 is 15.4 Å². The molecule has 26 heavy (non-hydrogen) atoms. The lowest BCUT2D eigenvalue weighted by Gasteiger charge is -2.38. The summed E-state index contributed by atoms with van der Waals surface area (Å²) in [6, 6.07) is 3.30. The van der Waals surface area contributed by atoms with Crippen molar-refractivity contribution in [3.63, 3.8) is 0 Å². The van der Waals surface area contributed by atoms with Crippen molar-refractivity contribution < 1.29 is 28.6 Å². The lowest BCUT2D eigenvalue weighted by Crippen LogP contribution is -2.45. The number of aliphatic hydroxyl groups excluding tert-OH is 1. The van der Waals surface area contributed by atoms with Crippen LogP contribution in [0.15, 0.2) is 18.2 Å². The van der Waals surface area contributed by atoms with Crippen LogP contribution in [0.25, 0.3) is 0 Å². The Kier molecular flexibility index (Phi) is 5.08. The maximum absolute atomic E-state index is 14.0. The minimum atomic E-state index is -0.615.